The van der Waals surface area contributed by atoms with E-state index in [4.69, 9.17) is 10.1 Å². The standard InChI is InChI=1S/C16H20FN3O/c17-12-4-3-11-7-20(16(18)15(11)6-12)9-14-8-19-5-1-2-13(19)10-21-14/h3-4,6,13-14,18H,1-2,5,7-10H2. The molecule has 0 radical (unpaired) electrons. The first kappa shape index (κ1) is 13.2. The topological polar surface area (TPSA) is 39.6 Å². The van der Waals surface area contributed by atoms with E-state index in [2.05, 4.69) is 4.90 Å². The molecule has 1 N–H and O–H groups in total. The van der Waals surface area contributed by atoms with Gasteiger partial charge in [-0.3, -0.25) is 10.3 Å². The first-order valence-corrected chi connectivity index (χ1v) is 7.68. The van der Waals surface area contributed by atoms with Crippen LogP contribution in [-0.4, -0.2) is 54.0 Å². The van der Waals surface area contributed by atoms with E-state index in [0.29, 0.717) is 18.4 Å². The molecule has 2 unspecified atom stereocenters. The molecule has 4 nitrogen and oxygen atoms in total. The van der Waals surface area contributed by atoms with Gasteiger partial charge in [0.2, 0.25) is 0 Å². The zero-order valence-electron chi connectivity index (χ0n) is 12.0. The fourth-order valence-electron chi connectivity index (χ4n) is 3.76. The summed E-state index contributed by atoms with van der Waals surface area (Å²) in [6.07, 6.45) is 2.67. The molecule has 112 valence electrons. The summed E-state index contributed by atoms with van der Waals surface area (Å²) in [4.78, 5) is 4.52. The number of halogens is 1. The van der Waals surface area contributed by atoms with Gasteiger partial charge in [0.15, 0.2) is 0 Å². The van der Waals surface area contributed by atoms with E-state index < -0.39 is 0 Å². The van der Waals surface area contributed by atoms with E-state index in [1.165, 1.54) is 31.5 Å². The molecule has 2 atom stereocenters. The van der Waals surface area contributed by atoms with Crippen molar-refractivity contribution in [2.75, 3.05) is 26.2 Å². The van der Waals surface area contributed by atoms with Gasteiger partial charge in [-0.25, -0.2) is 4.39 Å². The van der Waals surface area contributed by atoms with E-state index in [-0.39, 0.29) is 11.9 Å². The molecule has 0 bridgehead atoms. The average Bonchev–Trinajstić information content (AvgIpc) is 3.05. The van der Waals surface area contributed by atoms with Crippen molar-refractivity contribution in [1.29, 1.82) is 5.41 Å². The molecule has 21 heavy (non-hydrogen) atoms. The molecule has 3 aliphatic heterocycles. The molecular weight excluding hydrogens is 269 g/mol. The summed E-state index contributed by atoms with van der Waals surface area (Å²) in [6.45, 7) is 4.36. The summed E-state index contributed by atoms with van der Waals surface area (Å²) in [7, 11) is 0. The van der Waals surface area contributed by atoms with Crippen LogP contribution in [0.2, 0.25) is 0 Å². The third-order valence-electron chi connectivity index (χ3n) is 4.89. The molecule has 0 aromatic heterocycles. The second kappa shape index (κ2) is 5.07. The number of hydrogen-bond donors (Lipinski definition) is 1. The molecule has 4 rings (SSSR count). The van der Waals surface area contributed by atoms with Gasteiger partial charge in [0, 0.05) is 31.2 Å². The highest BCUT2D eigenvalue weighted by Crippen LogP contribution is 2.26. The second-order valence-electron chi connectivity index (χ2n) is 6.28. The Balaban J connectivity index is 1.43. The number of benzene rings is 1. The maximum absolute atomic E-state index is 13.3. The maximum atomic E-state index is 13.3. The summed E-state index contributed by atoms with van der Waals surface area (Å²) < 4.78 is 19.3. The van der Waals surface area contributed by atoms with Crippen LogP contribution >= 0.6 is 0 Å². The van der Waals surface area contributed by atoms with E-state index in [1.54, 1.807) is 6.07 Å². The largest absolute Gasteiger partial charge is 0.373 e. The predicted octanol–water partition coefficient (Wildman–Crippen LogP) is 1.83. The van der Waals surface area contributed by atoms with E-state index in [1.807, 2.05) is 4.90 Å². The number of hydrogen-bond acceptors (Lipinski definition) is 3. The Hall–Kier alpha value is -1.46. The SMILES string of the molecule is N=C1c2cc(F)ccc2CN1CC1CN2CCCC2CO1. The van der Waals surface area contributed by atoms with Crippen LogP contribution in [0.4, 0.5) is 4.39 Å². The summed E-state index contributed by atoms with van der Waals surface area (Å²) in [5.74, 6) is 0.158. The van der Waals surface area contributed by atoms with Crippen LogP contribution in [0.25, 0.3) is 0 Å². The highest BCUT2D eigenvalue weighted by atomic mass is 19.1. The van der Waals surface area contributed by atoms with Crippen LogP contribution in [0.15, 0.2) is 18.2 Å². The van der Waals surface area contributed by atoms with Gasteiger partial charge in [0.05, 0.1) is 12.7 Å². The molecule has 1 aromatic carbocycles. The Morgan fingerprint density at radius 1 is 1.38 bits per heavy atom. The molecule has 0 aliphatic carbocycles. The third kappa shape index (κ3) is 2.34. The number of nitrogens with one attached hydrogen (secondary N) is 1. The number of ether oxygens (including phenoxy) is 1. The van der Waals surface area contributed by atoms with Crippen molar-refractivity contribution in [2.45, 2.75) is 31.5 Å². The molecule has 0 saturated carbocycles. The molecule has 5 heteroatoms. The third-order valence-corrected chi connectivity index (χ3v) is 4.89. The molecule has 3 heterocycles. The van der Waals surface area contributed by atoms with Crippen LogP contribution in [0.3, 0.4) is 0 Å². The van der Waals surface area contributed by atoms with Crippen LogP contribution in [-0.2, 0) is 11.3 Å². The highest BCUT2D eigenvalue weighted by Gasteiger charge is 2.34. The summed E-state index contributed by atoms with van der Waals surface area (Å²) in [6, 6.07) is 5.33. The predicted molar refractivity (Wildman–Crippen MR) is 78.0 cm³/mol. The fraction of sp³-hybridized carbons (Fsp3) is 0.562. The van der Waals surface area contributed by atoms with E-state index >= 15 is 0 Å². The van der Waals surface area contributed by atoms with Crippen molar-refractivity contribution in [3.8, 4) is 0 Å². The zero-order chi connectivity index (χ0) is 14.4. The molecule has 0 amide bonds. The normalized spacial score (nSPS) is 28.8. The Bertz CT molecular complexity index is 577. The number of rotatable bonds is 2. The van der Waals surface area contributed by atoms with Crippen molar-refractivity contribution in [3.05, 3.63) is 35.1 Å². The van der Waals surface area contributed by atoms with Crippen LogP contribution in [0.5, 0.6) is 0 Å². The smallest absolute Gasteiger partial charge is 0.128 e. The minimum Gasteiger partial charge on any atom is -0.373 e. The van der Waals surface area contributed by atoms with Gasteiger partial charge in [-0.05, 0) is 37.1 Å². The van der Waals surface area contributed by atoms with E-state index in [0.717, 1.165) is 30.8 Å². The summed E-state index contributed by atoms with van der Waals surface area (Å²) in [5.41, 5.74) is 1.76. The average molecular weight is 289 g/mol. The van der Waals surface area contributed by atoms with Crippen molar-refractivity contribution < 1.29 is 9.13 Å². The van der Waals surface area contributed by atoms with Crippen molar-refractivity contribution in [2.24, 2.45) is 0 Å². The first-order chi connectivity index (χ1) is 10.2. The van der Waals surface area contributed by atoms with Gasteiger partial charge >= 0.3 is 0 Å². The number of fused-ring (bicyclic) bond motifs is 2. The molecule has 2 saturated heterocycles. The van der Waals surface area contributed by atoms with Crippen molar-refractivity contribution >= 4 is 5.84 Å². The van der Waals surface area contributed by atoms with Crippen molar-refractivity contribution in [3.63, 3.8) is 0 Å². The quantitative estimate of drug-likeness (QED) is 0.903. The van der Waals surface area contributed by atoms with Gasteiger partial charge in [-0.2, -0.15) is 0 Å². The van der Waals surface area contributed by atoms with E-state index in [9.17, 15) is 4.39 Å². The lowest BCUT2D eigenvalue weighted by Crippen LogP contribution is -2.50. The Morgan fingerprint density at radius 3 is 3.19 bits per heavy atom. The zero-order valence-corrected chi connectivity index (χ0v) is 12.0. The Labute approximate surface area is 124 Å². The fourth-order valence-corrected chi connectivity index (χ4v) is 3.76. The monoisotopic (exact) mass is 289 g/mol. The van der Waals surface area contributed by atoms with Crippen LogP contribution < -0.4 is 0 Å². The molecule has 2 fully saturated rings. The van der Waals surface area contributed by atoms with Gasteiger partial charge < -0.3 is 9.64 Å². The van der Waals surface area contributed by atoms with Gasteiger partial charge in [0.25, 0.3) is 0 Å². The lowest BCUT2D eigenvalue weighted by atomic mass is 10.1. The number of amidine groups is 1. The minimum atomic E-state index is -0.269. The molecule has 0 spiro atoms. The van der Waals surface area contributed by atoms with Crippen molar-refractivity contribution in [1.82, 2.24) is 9.80 Å². The first-order valence-electron chi connectivity index (χ1n) is 7.68. The molecular formula is C16H20FN3O. The summed E-state index contributed by atoms with van der Waals surface area (Å²) in [5, 5.41) is 8.24. The second-order valence-corrected chi connectivity index (χ2v) is 6.28. The minimum absolute atomic E-state index is 0.152. The highest BCUT2D eigenvalue weighted by molar-refractivity contribution is 6.00. The van der Waals surface area contributed by atoms with Gasteiger partial charge in [-0.1, -0.05) is 6.07 Å². The van der Waals surface area contributed by atoms with Crippen LogP contribution in [0, 0.1) is 11.2 Å². The maximum Gasteiger partial charge on any atom is 0.128 e. The number of nitrogens with zero attached hydrogens (tertiary/aromatic N) is 2. The number of morpholine rings is 1. The van der Waals surface area contributed by atoms with Gasteiger partial charge in [-0.15, -0.1) is 0 Å². The summed E-state index contributed by atoms with van der Waals surface area (Å²) >= 11 is 0. The Kier molecular flexibility index (Phi) is 3.19. The van der Waals surface area contributed by atoms with Gasteiger partial charge in [0.1, 0.15) is 11.7 Å². The Morgan fingerprint density at radius 2 is 2.29 bits per heavy atom. The molecule has 1 aromatic rings. The lowest BCUT2D eigenvalue weighted by molar-refractivity contribution is -0.0551. The molecule has 3 aliphatic rings. The lowest BCUT2D eigenvalue weighted by Gasteiger charge is -2.37. The van der Waals surface area contributed by atoms with Crippen LogP contribution in [0.1, 0.15) is 24.0 Å².